The second-order valence-electron chi connectivity index (χ2n) is 5.51. The summed E-state index contributed by atoms with van der Waals surface area (Å²) in [5, 5.41) is 0. The highest BCUT2D eigenvalue weighted by atomic mass is 32.2. The Morgan fingerprint density at radius 3 is 2.18 bits per heavy atom. The summed E-state index contributed by atoms with van der Waals surface area (Å²) >= 11 is 0. The second-order valence-corrected chi connectivity index (χ2v) is 7.55. The molecule has 17 heavy (non-hydrogen) atoms. The SMILES string of the molecule is CC(C)(C)c1ccc(S(=O)(=O)CC2CO2)cc1. The van der Waals surface area contributed by atoms with Crippen LogP contribution in [0.1, 0.15) is 26.3 Å². The Morgan fingerprint density at radius 2 is 1.76 bits per heavy atom. The topological polar surface area (TPSA) is 46.7 Å². The van der Waals surface area contributed by atoms with Crippen LogP contribution in [0.25, 0.3) is 0 Å². The Kier molecular flexibility index (Phi) is 3.04. The molecule has 0 amide bonds. The summed E-state index contributed by atoms with van der Waals surface area (Å²) in [6.45, 7) is 6.89. The largest absolute Gasteiger partial charge is 0.372 e. The van der Waals surface area contributed by atoms with E-state index in [-0.39, 0.29) is 17.3 Å². The smallest absolute Gasteiger partial charge is 0.181 e. The molecule has 0 bridgehead atoms. The van der Waals surface area contributed by atoms with Gasteiger partial charge in [0, 0.05) is 0 Å². The first kappa shape index (κ1) is 12.6. The Hall–Kier alpha value is -0.870. The van der Waals surface area contributed by atoms with Gasteiger partial charge in [0.1, 0.15) is 0 Å². The Balaban J connectivity index is 2.22. The molecule has 0 radical (unpaired) electrons. The molecule has 1 fully saturated rings. The number of hydrogen-bond donors (Lipinski definition) is 0. The second kappa shape index (κ2) is 4.10. The van der Waals surface area contributed by atoms with Gasteiger partial charge in [0.25, 0.3) is 0 Å². The molecular weight excluding hydrogens is 236 g/mol. The molecule has 0 spiro atoms. The maximum Gasteiger partial charge on any atom is 0.181 e. The van der Waals surface area contributed by atoms with Gasteiger partial charge in [-0.25, -0.2) is 8.42 Å². The van der Waals surface area contributed by atoms with Crippen molar-refractivity contribution in [1.82, 2.24) is 0 Å². The van der Waals surface area contributed by atoms with Gasteiger partial charge in [0.05, 0.1) is 23.4 Å². The van der Waals surface area contributed by atoms with Crippen LogP contribution in [-0.2, 0) is 20.0 Å². The minimum atomic E-state index is -3.18. The zero-order valence-electron chi connectivity index (χ0n) is 10.4. The number of epoxide rings is 1. The van der Waals surface area contributed by atoms with Crippen LogP contribution in [0.5, 0.6) is 0 Å². The normalized spacial score (nSPS) is 20.3. The van der Waals surface area contributed by atoms with Crippen molar-refractivity contribution in [2.24, 2.45) is 0 Å². The molecule has 0 saturated carbocycles. The van der Waals surface area contributed by atoms with E-state index in [1.54, 1.807) is 12.1 Å². The van der Waals surface area contributed by atoms with E-state index in [2.05, 4.69) is 20.8 Å². The molecule has 2 rings (SSSR count). The van der Waals surface area contributed by atoms with Crippen LogP contribution in [0.15, 0.2) is 29.2 Å². The van der Waals surface area contributed by atoms with Crippen molar-refractivity contribution in [2.75, 3.05) is 12.4 Å². The highest BCUT2D eigenvalue weighted by Crippen LogP contribution is 2.24. The van der Waals surface area contributed by atoms with E-state index in [0.717, 1.165) is 5.56 Å². The van der Waals surface area contributed by atoms with E-state index in [1.165, 1.54) is 0 Å². The fraction of sp³-hybridized carbons (Fsp3) is 0.538. The summed E-state index contributed by atoms with van der Waals surface area (Å²) < 4.78 is 28.9. The number of sulfone groups is 1. The van der Waals surface area contributed by atoms with Crippen LogP contribution in [0.4, 0.5) is 0 Å². The highest BCUT2D eigenvalue weighted by molar-refractivity contribution is 7.91. The molecule has 1 saturated heterocycles. The van der Waals surface area contributed by atoms with E-state index in [4.69, 9.17) is 4.74 Å². The maximum atomic E-state index is 12.0. The van der Waals surface area contributed by atoms with E-state index in [9.17, 15) is 8.42 Å². The number of ether oxygens (including phenoxy) is 1. The summed E-state index contributed by atoms with van der Waals surface area (Å²) in [7, 11) is -3.18. The molecule has 1 aliphatic rings. The van der Waals surface area contributed by atoms with Gasteiger partial charge >= 0.3 is 0 Å². The van der Waals surface area contributed by atoms with E-state index in [0.29, 0.717) is 11.5 Å². The summed E-state index contributed by atoms with van der Waals surface area (Å²) in [4.78, 5) is 0.390. The Labute approximate surface area is 103 Å². The van der Waals surface area contributed by atoms with Crippen LogP contribution >= 0.6 is 0 Å². The quantitative estimate of drug-likeness (QED) is 0.777. The van der Waals surface area contributed by atoms with Gasteiger partial charge in [-0.15, -0.1) is 0 Å². The minimum Gasteiger partial charge on any atom is -0.372 e. The molecule has 1 unspecified atom stereocenters. The first-order valence-electron chi connectivity index (χ1n) is 5.74. The van der Waals surface area contributed by atoms with Gasteiger partial charge in [-0.05, 0) is 23.1 Å². The third kappa shape index (κ3) is 3.07. The predicted octanol–water partition coefficient (Wildman–Crippen LogP) is 2.16. The van der Waals surface area contributed by atoms with Gasteiger partial charge in [-0.2, -0.15) is 0 Å². The lowest BCUT2D eigenvalue weighted by Crippen LogP contribution is -2.14. The molecular formula is C13H18O3S. The summed E-state index contributed by atoms with van der Waals surface area (Å²) in [6.07, 6.45) is -0.0951. The van der Waals surface area contributed by atoms with Crippen LogP contribution in [0.2, 0.25) is 0 Å². The van der Waals surface area contributed by atoms with E-state index >= 15 is 0 Å². The average Bonchev–Trinajstić information content (AvgIpc) is 3.00. The molecule has 1 aromatic carbocycles. The van der Waals surface area contributed by atoms with Crippen molar-refractivity contribution in [2.45, 2.75) is 37.2 Å². The minimum absolute atomic E-state index is 0.0435. The Bertz CT molecular complexity index is 490. The highest BCUT2D eigenvalue weighted by Gasteiger charge is 2.30. The molecule has 1 aliphatic heterocycles. The van der Waals surface area contributed by atoms with Crippen molar-refractivity contribution >= 4 is 9.84 Å². The Morgan fingerprint density at radius 1 is 1.24 bits per heavy atom. The number of rotatable bonds is 3. The lowest BCUT2D eigenvalue weighted by molar-refractivity contribution is 0.422. The third-order valence-corrected chi connectivity index (χ3v) is 4.69. The lowest BCUT2D eigenvalue weighted by atomic mass is 9.87. The van der Waals surface area contributed by atoms with Gasteiger partial charge in [-0.3, -0.25) is 0 Å². The van der Waals surface area contributed by atoms with Crippen LogP contribution in [-0.4, -0.2) is 26.9 Å². The van der Waals surface area contributed by atoms with E-state index < -0.39 is 9.84 Å². The predicted molar refractivity (Wildman–Crippen MR) is 66.9 cm³/mol. The molecule has 3 nitrogen and oxygen atoms in total. The summed E-state index contributed by atoms with van der Waals surface area (Å²) in [6, 6.07) is 7.16. The van der Waals surface area contributed by atoms with Crippen molar-refractivity contribution in [1.29, 1.82) is 0 Å². The molecule has 1 heterocycles. The first-order chi connectivity index (χ1) is 7.79. The lowest BCUT2D eigenvalue weighted by Gasteiger charge is -2.19. The van der Waals surface area contributed by atoms with Gasteiger partial charge in [-0.1, -0.05) is 32.9 Å². The zero-order valence-corrected chi connectivity index (χ0v) is 11.3. The zero-order chi connectivity index (χ0) is 12.7. The first-order valence-corrected chi connectivity index (χ1v) is 7.39. The van der Waals surface area contributed by atoms with Crippen LogP contribution < -0.4 is 0 Å². The third-order valence-electron chi connectivity index (χ3n) is 2.89. The summed E-state index contributed by atoms with van der Waals surface area (Å²) in [5.41, 5.74) is 1.18. The molecule has 4 heteroatoms. The molecule has 1 aromatic rings. The number of hydrogen-bond acceptors (Lipinski definition) is 3. The van der Waals surface area contributed by atoms with Crippen LogP contribution in [0, 0.1) is 0 Å². The van der Waals surface area contributed by atoms with Crippen molar-refractivity contribution in [3.63, 3.8) is 0 Å². The monoisotopic (exact) mass is 254 g/mol. The molecule has 94 valence electrons. The van der Waals surface area contributed by atoms with Gasteiger partial charge in [0.15, 0.2) is 9.84 Å². The van der Waals surface area contributed by atoms with Gasteiger partial charge in [0.2, 0.25) is 0 Å². The average molecular weight is 254 g/mol. The van der Waals surface area contributed by atoms with Crippen molar-refractivity contribution in [3.8, 4) is 0 Å². The van der Waals surface area contributed by atoms with Gasteiger partial charge < -0.3 is 4.74 Å². The van der Waals surface area contributed by atoms with Crippen LogP contribution in [0.3, 0.4) is 0 Å². The standard InChI is InChI=1S/C13H18O3S/c1-13(2,3)10-4-6-12(7-5-10)17(14,15)9-11-8-16-11/h4-7,11H,8-9H2,1-3H3. The molecule has 1 atom stereocenters. The molecule has 0 aliphatic carbocycles. The molecule has 0 N–H and O–H groups in total. The maximum absolute atomic E-state index is 12.0. The fourth-order valence-electron chi connectivity index (χ4n) is 1.67. The molecule has 0 aromatic heterocycles. The van der Waals surface area contributed by atoms with Crippen molar-refractivity contribution < 1.29 is 13.2 Å². The fourth-order valence-corrected chi connectivity index (χ4v) is 3.09. The van der Waals surface area contributed by atoms with E-state index in [1.807, 2.05) is 12.1 Å². The number of benzene rings is 1. The summed E-state index contributed by atoms with van der Waals surface area (Å²) in [5.74, 6) is 0.0991. The van der Waals surface area contributed by atoms with Crippen molar-refractivity contribution in [3.05, 3.63) is 29.8 Å².